The molecule has 0 aliphatic heterocycles. The molecule has 2 amide bonds. The van der Waals surface area contributed by atoms with Crippen molar-refractivity contribution in [3.63, 3.8) is 0 Å². The predicted octanol–water partition coefficient (Wildman–Crippen LogP) is 5.23. The fourth-order valence-electron chi connectivity index (χ4n) is 4.29. The average Bonchev–Trinajstić information content (AvgIpc) is 3.25. The zero-order valence-corrected chi connectivity index (χ0v) is 20.6. The van der Waals surface area contributed by atoms with Crippen LogP contribution in [0.25, 0.3) is 11.3 Å². The number of nitrogens with one attached hydrogen (secondary N) is 1. The SMILES string of the molecule is Cc1cc(C)c(NC(=O)CN(C)C(=O)c2cn(Cc3ccccc3)nc2-c2ccccc2)c(C)c1. The Morgan fingerprint density at radius 3 is 2.14 bits per heavy atom. The van der Waals surface area contributed by atoms with Crippen LogP contribution in [0.4, 0.5) is 5.69 Å². The molecule has 0 saturated carbocycles. The van der Waals surface area contributed by atoms with Gasteiger partial charge in [-0.2, -0.15) is 5.10 Å². The molecule has 0 unspecified atom stereocenters. The molecule has 0 aliphatic rings. The quantitative estimate of drug-likeness (QED) is 0.405. The molecule has 0 aliphatic carbocycles. The summed E-state index contributed by atoms with van der Waals surface area (Å²) in [6, 6.07) is 23.7. The standard InChI is InChI=1S/C29H30N4O2/c1-20-15-21(2)27(22(3)16-20)30-26(34)19-32(4)29(35)25-18-33(17-23-11-7-5-8-12-23)31-28(25)24-13-9-6-10-14-24/h5-16,18H,17,19H2,1-4H3,(H,30,34). The second kappa shape index (κ2) is 10.4. The highest BCUT2D eigenvalue weighted by molar-refractivity contribution is 6.02. The Balaban J connectivity index is 1.56. The van der Waals surface area contributed by atoms with Crippen molar-refractivity contribution in [3.05, 3.63) is 107 Å². The molecule has 6 heteroatoms. The van der Waals surface area contributed by atoms with Gasteiger partial charge in [0.15, 0.2) is 0 Å². The summed E-state index contributed by atoms with van der Waals surface area (Å²) < 4.78 is 1.78. The third kappa shape index (κ3) is 5.66. The van der Waals surface area contributed by atoms with Gasteiger partial charge in [-0.3, -0.25) is 14.3 Å². The number of aryl methyl sites for hydroxylation is 3. The number of aromatic nitrogens is 2. The third-order valence-corrected chi connectivity index (χ3v) is 5.90. The van der Waals surface area contributed by atoms with Gasteiger partial charge in [-0.1, -0.05) is 78.4 Å². The summed E-state index contributed by atoms with van der Waals surface area (Å²) in [6.07, 6.45) is 1.76. The average molecular weight is 467 g/mol. The number of hydrogen-bond donors (Lipinski definition) is 1. The first-order valence-electron chi connectivity index (χ1n) is 11.6. The summed E-state index contributed by atoms with van der Waals surface area (Å²) in [5.41, 5.74) is 6.94. The number of nitrogens with zero attached hydrogens (tertiary/aromatic N) is 3. The number of amides is 2. The van der Waals surface area contributed by atoms with E-state index in [0.717, 1.165) is 33.5 Å². The topological polar surface area (TPSA) is 67.2 Å². The van der Waals surface area contributed by atoms with Crippen LogP contribution >= 0.6 is 0 Å². The summed E-state index contributed by atoms with van der Waals surface area (Å²) in [4.78, 5) is 27.7. The summed E-state index contributed by atoms with van der Waals surface area (Å²) >= 11 is 0. The third-order valence-electron chi connectivity index (χ3n) is 5.90. The Hall–Kier alpha value is -4.19. The summed E-state index contributed by atoms with van der Waals surface area (Å²) in [7, 11) is 1.64. The van der Waals surface area contributed by atoms with Crippen molar-refractivity contribution in [2.75, 3.05) is 18.9 Å². The van der Waals surface area contributed by atoms with E-state index in [9.17, 15) is 9.59 Å². The Morgan fingerprint density at radius 2 is 1.51 bits per heavy atom. The lowest BCUT2D eigenvalue weighted by Gasteiger charge is -2.18. The number of likely N-dealkylation sites (N-methyl/N-ethyl adjacent to an activating group) is 1. The first kappa shape index (κ1) is 24.0. The zero-order chi connectivity index (χ0) is 24.9. The molecule has 6 nitrogen and oxygen atoms in total. The van der Waals surface area contributed by atoms with Crippen molar-refractivity contribution in [1.82, 2.24) is 14.7 Å². The number of carbonyl (C=O) groups excluding carboxylic acids is 2. The first-order chi connectivity index (χ1) is 16.8. The Morgan fingerprint density at radius 1 is 0.914 bits per heavy atom. The van der Waals surface area contributed by atoms with Gasteiger partial charge in [-0.25, -0.2) is 0 Å². The molecule has 0 fully saturated rings. The Labute approximate surface area is 206 Å². The van der Waals surface area contributed by atoms with E-state index in [1.54, 1.807) is 17.9 Å². The Kier molecular flexibility index (Phi) is 7.11. The van der Waals surface area contributed by atoms with Gasteiger partial charge in [0.05, 0.1) is 18.7 Å². The van der Waals surface area contributed by atoms with Gasteiger partial charge in [0.25, 0.3) is 5.91 Å². The molecule has 0 radical (unpaired) electrons. The lowest BCUT2D eigenvalue weighted by atomic mass is 10.1. The molecule has 3 aromatic carbocycles. The number of anilines is 1. The molecule has 0 spiro atoms. The van der Waals surface area contributed by atoms with Crippen LogP contribution in [0.15, 0.2) is 79.0 Å². The van der Waals surface area contributed by atoms with Crippen molar-refractivity contribution in [1.29, 1.82) is 0 Å². The molecule has 0 atom stereocenters. The minimum absolute atomic E-state index is 0.0658. The van der Waals surface area contributed by atoms with Gasteiger partial charge in [0, 0.05) is 24.5 Å². The molecule has 1 heterocycles. The number of rotatable bonds is 7. The molecule has 1 N–H and O–H groups in total. The minimum Gasteiger partial charge on any atom is -0.332 e. The van der Waals surface area contributed by atoms with Gasteiger partial charge in [-0.15, -0.1) is 0 Å². The molecule has 0 bridgehead atoms. The zero-order valence-electron chi connectivity index (χ0n) is 20.6. The van der Waals surface area contributed by atoms with Crippen LogP contribution in [0.3, 0.4) is 0 Å². The van der Waals surface area contributed by atoms with E-state index in [0.29, 0.717) is 17.8 Å². The summed E-state index contributed by atoms with van der Waals surface area (Å²) in [6.45, 7) is 6.45. The second-order valence-electron chi connectivity index (χ2n) is 8.92. The van der Waals surface area contributed by atoms with Gasteiger partial charge in [0.2, 0.25) is 5.91 Å². The minimum atomic E-state index is -0.254. The van der Waals surface area contributed by atoms with E-state index in [1.165, 1.54) is 4.90 Å². The normalized spacial score (nSPS) is 10.7. The molecular weight excluding hydrogens is 436 g/mol. The summed E-state index contributed by atoms with van der Waals surface area (Å²) in [5, 5.41) is 7.70. The lowest BCUT2D eigenvalue weighted by Crippen LogP contribution is -2.35. The van der Waals surface area contributed by atoms with E-state index < -0.39 is 0 Å². The van der Waals surface area contributed by atoms with Crippen LogP contribution in [-0.2, 0) is 11.3 Å². The largest absolute Gasteiger partial charge is 0.332 e. The molecular formula is C29H30N4O2. The van der Waals surface area contributed by atoms with Crippen molar-refractivity contribution >= 4 is 17.5 Å². The van der Waals surface area contributed by atoms with E-state index >= 15 is 0 Å². The second-order valence-corrected chi connectivity index (χ2v) is 8.92. The first-order valence-corrected chi connectivity index (χ1v) is 11.6. The van der Waals surface area contributed by atoms with Crippen LogP contribution in [0.5, 0.6) is 0 Å². The highest BCUT2D eigenvalue weighted by Crippen LogP contribution is 2.24. The Bertz CT molecular complexity index is 1320. The maximum atomic E-state index is 13.5. The van der Waals surface area contributed by atoms with E-state index in [-0.39, 0.29) is 18.4 Å². The van der Waals surface area contributed by atoms with Gasteiger partial charge >= 0.3 is 0 Å². The van der Waals surface area contributed by atoms with Gasteiger partial charge < -0.3 is 10.2 Å². The van der Waals surface area contributed by atoms with E-state index in [4.69, 9.17) is 5.10 Å². The molecule has 0 saturated heterocycles. The number of benzene rings is 3. The van der Waals surface area contributed by atoms with Crippen LogP contribution in [0.2, 0.25) is 0 Å². The van der Waals surface area contributed by atoms with Crippen molar-refractivity contribution in [2.45, 2.75) is 27.3 Å². The van der Waals surface area contributed by atoms with Gasteiger partial charge in [0.1, 0.15) is 5.69 Å². The van der Waals surface area contributed by atoms with Gasteiger partial charge in [-0.05, 0) is 37.5 Å². The van der Waals surface area contributed by atoms with Crippen molar-refractivity contribution in [3.8, 4) is 11.3 Å². The maximum absolute atomic E-state index is 13.5. The lowest BCUT2D eigenvalue weighted by molar-refractivity contribution is -0.116. The van der Waals surface area contributed by atoms with Crippen molar-refractivity contribution in [2.24, 2.45) is 0 Å². The molecule has 4 rings (SSSR count). The number of carbonyl (C=O) groups is 2. The van der Waals surface area contributed by atoms with E-state index in [1.807, 2.05) is 93.6 Å². The van der Waals surface area contributed by atoms with Crippen LogP contribution in [0.1, 0.15) is 32.6 Å². The fraction of sp³-hybridized carbons (Fsp3) is 0.207. The van der Waals surface area contributed by atoms with Crippen LogP contribution in [-0.4, -0.2) is 40.1 Å². The molecule has 4 aromatic rings. The number of hydrogen-bond acceptors (Lipinski definition) is 3. The van der Waals surface area contributed by atoms with E-state index in [2.05, 4.69) is 5.32 Å². The van der Waals surface area contributed by atoms with Crippen LogP contribution in [0, 0.1) is 20.8 Å². The smallest absolute Gasteiger partial charge is 0.257 e. The molecule has 178 valence electrons. The van der Waals surface area contributed by atoms with Crippen LogP contribution < -0.4 is 5.32 Å². The molecule has 35 heavy (non-hydrogen) atoms. The monoisotopic (exact) mass is 466 g/mol. The highest BCUT2D eigenvalue weighted by atomic mass is 16.2. The fourth-order valence-corrected chi connectivity index (χ4v) is 4.29. The summed E-state index contributed by atoms with van der Waals surface area (Å²) in [5.74, 6) is -0.496. The highest BCUT2D eigenvalue weighted by Gasteiger charge is 2.23. The van der Waals surface area contributed by atoms with Crippen molar-refractivity contribution < 1.29 is 9.59 Å². The predicted molar refractivity (Wildman–Crippen MR) is 139 cm³/mol. The maximum Gasteiger partial charge on any atom is 0.257 e. The molecule has 1 aromatic heterocycles.